The van der Waals surface area contributed by atoms with Crippen molar-refractivity contribution in [1.29, 1.82) is 0 Å². The van der Waals surface area contributed by atoms with Crippen LogP contribution in [0.5, 0.6) is 0 Å². The zero-order valence-electron chi connectivity index (χ0n) is 11.2. The van der Waals surface area contributed by atoms with Gasteiger partial charge in [0.15, 0.2) is 0 Å². The molecule has 7 heteroatoms. The highest BCUT2D eigenvalue weighted by Gasteiger charge is 2.12. The van der Waals surface area contributed by atoms with Crippen molar-refractivity contribution in [3.05, 3.63) is 64.4 Å². The SMILES string of the molecule is O=C(N/N=C/c1ccc(F)cc1)C(=O)Nc1cccc(Br)c1. The van der Waals surface area contributed by atoms with E-state index >= 15 is 0 Å². The highest BCUT2D eigenvalue weighted by molar-refractivity contribution is 9.10. The van der Waals surface area contributed by atoms with Crippen molar-refractivity contribution in [2.75, 3.05) is 5.32 Å². The van der Waals surface area contributed by atoms with Gasteiger partial charge < -0.3 is 5.32 Å². The fourth-order valence-electron chi connectivity index (χ4n) is 1.52. The number of halogens is 2. The van der Waals surface area contributed by atoms with Gasteiger partial charge >= 0.3 is 11.8 Å². The van der Waals surface area contributed by atoms with Gasteiger partial charge in [-0.15, -0.1) is 0 Å². The van der Waals surface area contributed by atoms with E-state index in [9.17, 15) is 14.0 Å². The molecular formula is C15H11BrFN3O2. The number of benzene rings is 2. The van der Waals surface area contributed by atoms with Crippen molar-refractivity contribution < 1.29 is 14.0 Å². The molecular weight excluding hydrogens is 353 g/mol. The average Bonchev–Trinajstić information content (AvgIpc) is 2.49. The molecule has 0 saturated heterocycles. The minimum absolute atomic E-state index is 0.366. The summed E-state index contributed by atoms with van der Waals surface area (Å²) in [6.45, 7) is 0. The van der Waals surface area contributed by atoms with Gasteiger partial charge in [-0.25, -0.2) is 9.82 Å². The van der Waals surface area contributed by atoms with E-state index in [-0.39, 0.29) is 5.82 Å². The average molecular weight is 364 g/mol. The number of hydrazone groups is 1. The zero-order valence-corrected chi connectivity index (χ0v) is 12.8. The summed E-state index contributed by atoms with van der Waals surface area (Å²) < 4.78 is 13.5. The molecule has 2 rings (SSSR count). The Balaban J connectivity index is 1.89. The molecule has 0 fully saturated rings. The summed E-state index contributed by atoms with van der Waals surface area (Å²) >= 11 is 3.26. The summed E-state index contributed by atoms with van der Waals surface area (Å²) in [5, 5.41) is 6.07. The highest BCUT2D eigenvalue weighted by Crippen LogP contribution is 2.15. The lowest BCUT2D eigenvalue weighted by atomic mass is 10.2. The predicted molar refractivity (Wildman–Crippen MR) is 84.9 cm³/mol. The molecule has 0 atom stereocenters. The minimum Gasteiger partial charge on any atom is -0.318 e. The van der Waals surface area contributed by atoms with E-state index in [0.29, 0.717) is 11.3 Å². The summed E-state index contributed by atoms with van der Waals surface area (Å²) in [7, 11) is 0. The van der Waals surface area contributed by atoms with E-state index in [1.54, 1.807) is 24.3 Å². The molecule has 0 aliphatic rings. The van der Waals surface area contributed by atoms with Gasteiger partial charge in [-0.3, -0.25) is 9.59 Å². The topological polar surface area (TPSA) is 70.6 Å². The third-order valence-corrected chi connectivity index (χ3v) is 3.03. The molecule has 0 aromatic heterocycles. The lowest BCUT2D eigenvalue weighted by molar-refractivity contribution is -0.136. The second kappa shape index (κ2) is 7.46. The van der Waals surface area contributed by atoms with Crippen LogP contribution in [0.2, 0.25) is 0 Å². The molecule has 22 heavy (non-hydrogen) atoms. The van der Waals surface area contributed by atoms with Crippen LogP contribution in [0.1, 0.15) is 5.56 Å². The largest absolute Gasteiger partial charge is 0.329 e. The van der Waals surface area contributed by atoms with Gasteiger partial charge in [-0.1, -0.05) is 34.1 Å². The maximum atomic E-state index is 12.7. The number of anilines is 1. The quantitative estimate of drug-likeness (QED) is 0.500. The van der Waals surface area contributed by atoms with Crippen molar-refractivity contribution >= 4 is 39.6 Å². The monoisotopic (exact) mass is 363 g/mol. The number of amides is 2. The Labute approximate surface area is 134 Å². The molecule has 0 aliphatic heterocycles. The van der Waals surface area contributed by atoms with Gasteiger partial charge in [0.25, 0.3) is 0 Å². The molecule has 0 aliphatic carbocycles. The van der Waals surface area contributed by atoms with E-state index in [1.807, 2.05) is 0 Å². The Morgan fingerprint density at radius 3 is 2.50 bits per heavy atom. The van der Waals surface area contributed by atoms with E-state index in [2.05, 4.69) is 31.8 Å². The highest BCUT2D eigenvalue weighted by atomic mass is 79.9. The number of rotatable bonds is 3. The fraction of sp³-hybridized carbons (Fsp3) is 0. The second-order valence-electron chi connectivity index (χ2n) is 4.22. The molecule has 0 heterocycles. The molecule has 2 N–H and O–H groups in total. The third kappa shape index (κ3) is 4.78. The van der Waals surface area contributed by atoms with Crippen molar-refractivity contribution in [2.45, 2.75) is 0 Å². The molecule has 112 valence electrons. The summed E-state index contributed by atoms with van der Waals surface area (Å²) in [6, 6.07) is 12.4. The van der Waals surface area contributed by atoms with Gasteiger partial charge in [-0.2, -0.15) is 5.10 Å². The fourth-order valence-corrected chi connectivity index (χ4v) is 1.92. The smallest absolute Gasteiger partial charge is 0.318 e. The minimum atomic E-state index is -0.904. The van der Waals surface area contributed by atoms with Gasteiger partial charge in [0, 0.05) is 10.2 Å². The molecule has 2 amide bonds. The first-order valence-corrected chi connectivity index (χ1v) is 6.99. The van der Waals surface area contributed by atoms with Crippen LogP contribution < -0.4 is 10.7 Å². The Hall–Kier alpha value is -2.54. The van der Waals surface area contributed by atoms with Crippen molar-refractivity contribution in [3.8, 4) is 0 Å². The van der Waals surface area contributed by atoms with E-state index in [4.69, 9.17) is 0 Å². The van der Waals surface area contributed by atoms with Crippen molar-refractivity contribution in [3.63, 3.8) is 0 Å². The number of hydrogen-bond donors (Lipinski definition) is 2. The first kappa shape index (κ1) is 15.8. The normalized spacial score (nSPS) is 10.5. The summed E-state index contributed by atoms with van der Waals surface area (Å²) in [5.41, 5.74) is 3.17. The van der Waals surface area contributed by atoms with Crippen LogP contribution in [-0.2, 0) is 9.59 Å². The van der Waals surface area contributed by atoms with E-state index < -0.39 is 11.8 Å². The lowest BCUT2D eigenvalue weighted by Gasteiger charge is -2.04. The lowest BCUT2D eigenvalue weighted by Crippen LogP contribution is -2.32. The number of carbonyl (C=O) groups is 2. The maximum Gasteiger partial charge on any atom is 0.329 e. The van der Waals surface area contributed by atoms with Gasteiger partial charge in [0.1, 0.15) is 5.82 Å². The van der Waals surface area contributed by atoms with Gasteiger partial charge in [0.05, 0.1) is 6.21 Å². The van der Waals surface area contributed by atoms with Crippen molar-refractivity contribution in [2.24, 2.45) is 5.10 Å². The number of nitrogens with one attached hydrogen (secondary N) is 2. The maximum absolute atomic E-state index is 12.7. The zero-order chi connectivity index (χ0) is 15.9. The van der Waals surface area contributed by atoms with Crippen LogP contribution in [0.4, 0.5) is 10.1 Å². The van der Waals surface area contributed by atoms with Crippen LogP contribution in [-0.4, -0.2) is 18.0 Å². The summed E-state index contributed by atoms with van der Waals surface area (Å²) in [5.74, 6) is -2.11. The van der Waals surface area contributed by atoms with E-state index in [1.165, 1.54) is 30.5 Å². The Morgan fingerprint density at radius 2 is 1.82 bits per heavy atom. The summed E-state index contributed by atoms with van der Waals surface area (Å²) in [6.07, 6.45) is 1.31. The standard InChI is InChI=1S/C15H11BrFN3O2/c16-11-2-1-3-13(8-11)19-14(21)15(22)20-18-9-10-4-6-12(17)7-5-10/h1-9H,(H,19,21)(H,20,22)/b18-9+. The molecule has 0 unspecified atom stereocenters. The van der Waals surface area contributed by atoms with Gasteiger partial charge in [-0.05, 0) is 35.9 Å². The Kier molecular flexibility index (Phi) is 5.37. The Morgan fingerprint density at radius 1 is 1.09 bits per heavy atom. The molecule has 2 aromatic carbocycles. The van der Waals surface area contributed by atoms with Crippen LogP contribution in [0.3, 0.4) is 0 Å². The predicted octanol–water partition coefficient (Wildman–Crippen LogP) is 2.68. The van der Waals surface area contributed by atoms with Crippen LogP contribution in [0.25, 0.3) is 0 Å². The van der Waals surface area contributed by atoms with Gasteiger partial charge in [0.2, 0.25) is 0 Å². The molecule has 0 spiro atoms. The second-order valence-corrected chi connectivity index (χ2v) is 5.13. The van der Waals surface area contributed by atoms with Crippen LogP contribution in [0, 0.1) is 5.82 Å². The van der Waals surface area contributed by atoms with Crippen LogP contribution >= 0.6 is 15.9 Å². The first-order valence-electron chi connectivity index (χ1n) is 6.20. The third-order valence-electron chi connectivity index (χ3n) is 2.54. The Bertz CT molecular complexity index is 717. The number of hydrogen-bond acceptors (Lipinski definition) is 3. The molecule has 5 nitrogen and oxygen atoms in total. The van der Waals surface area contributed by atoms with E-state index in [0.717, 1.165) is 4.47 Å². The van der Waals surface area contributed by atoms with Crippen LogP contribution in [0.15, 0.2) is 58.1 Å². The number of nitrogens with zero attached hydrogens (tertiary/aromatic N) is 1. The first-order chi connectivity index (χ1) is 10.5. The molecule has 0 saturated carbocycles. The molecule has 0 radical (unpaired) electrons. The molecule has 0 bridgehead atoms. The number of carbonyl (C=O) groups excluding carboxylic acids is 2. The summed E-state index contributed by atoms with van der Waals surface area (Å²) in [4.78, 5) is 23.2. The van der Waals surface area contributed by atoms with Crippen molar-refractivity contribution in [1.82, 2.24) is 5.43 Å². The molecule has 2 aromatic rings.